The molecule has 11 heteroatoms. The van der Waals surface area contributed by atoms with Gasteiger partial charge in [-0.3, -0.25) is 9.10 Å². The number of rotatable bonds is 9. The first-order valence-electron chi connectivity index (χ1n) is 11.5. The van der Waals surface area contributed by atoms with Gasteiger partial charge in [-0.25, -0.2) is 18.2 Å². The van der Waals surface area contributed by atoms with E-state index >= 15 is 0 Å². The van der Waals surface area contributed by atoms with Crippen LogP contribution in [0.2, 0.25) is 0 Å². The molecule has 1 heterocycles. The SMILES string of the molecule is CCOc1ccc(/C(C)=N\NC(=O)CN(c2ccc(F)cc2)S(=O)(=O)c2ccc3c(c2)OCCO3)cc1. The van der Waals surface area contributed by atoms with E-state index in [-0.39, 0.29) is 22.9 Å². The fraction of sp³-hybridized carbons (Fsp3) is 0.231. The van der Waals surface area contributed by atoms with E-state index in [0.717, 1.165) is 22.0 Å². The van der Waals surface area contributed by atoms with E-state index in [0.29, 0.717) is 30.4 Å². The maximum atomic E-state index is 13.6. The van der Waals surface area contributed by atoms with E-state index in [1.54, 1.807) is 31.2 Å². The van der Waals surface area contributed by atoms with Crippen molar-refractivity contribution in [1.82, 2.24) is 5.43 Å². The number of anilines is 1. The van der Waals surface area contributed by atoms with Gasteiger partial charge in [-0.2, -0.15) is 5.10 Å². The number of nitrogens with zero attached hydrogens (tertiary/aromatic N) is 2. The molecule has 0 radical (unpaired) electrons. The average Bonchev–Trinajstić information content (AvgIpc) is 2.91. The van der Waals surface area contributed by atoms with Gasteiger partial charge in [0.25, 0.3) is 15.9 Å². The first-order valence-corrected chi connectivity index (χ1v) is 13.0. The van der Waals surface area contributed by atoms with Gasteiger partial charge < -0.3 is 14.2 Å². The van der Waals surface area contributed by atoms with Crippen LogP contribution in [-0.4, -0.2) is 46.4 Å². The van der Waals surface area contributed by atoms with Crippen molar-refractivity contribution in [3.63, 3.8) is 0 Å². The molecule has 3 aromatic rings. The highest BCUT2D eigenvalue weighted by atomic mass is 32.2. The zero-order valence-corrected chi connectivity index (χ0v) is 21.1. The summed E-state index contributed by atoms with van der Waals surface area (Å²) in [5.74, 6) is 0.195. The minimum absolute atomic E-state index is 0.108. The average molecular weight is 528 g/mol. The molecule has 0 saturated heterocycles. The van der Waals surface area contributed by atoms with Gasteiger partial charge in [-0.05, 0) is 80.1 Å². The summed E-state index contributed by atoms with van der Waals surface area (Å²) >= 11 is 0. The highest BCUT2D eigenvalue weighted by molar-refractivity contribution is 7.92. The van der Waals surface area contributed by atoms with Gasteiger partial charge in [0.1, 0.15) is 31.3 Å². The Morgan fingerprint density at radius 2 is 1.70 bits per heavy atom. The van der Waals surface area contributed by atoms with Crippen LogP contribution in [0.15, 0.2) is 76.7 Å². The highest BCUT2D eigenvalue weighted by Gasteiger charge is 2.29. The molecule has 0 unspecified atom stereocenters. The van der Waals surface area contributed by atoms with Gasteiger partial charge in [0, 0.05) is 6.07 Å². The number of amides is 1. The molecular weight excluding hydrogens is 501 g/mol. The zero-order chi connectivity index (χ0) is 26.4. The Labute approximate surface area is 214 Å². The Morgan fingerprint density at radius 3 is 2.38 bits per heavy atom. The maximum absolute atomic E-state index is 13.6. The summed E-state index contributed by atoms with van der Waals surface area (Å²) in [6.07, 6.45) is 0. The lowest BCUT2D eigenvalue weighted by Crippen LogP contribution is -2.39. The van der Waals surface area contributed by atoms with Crippen LogP contribution in [-0.2, 0) is 14.8 Å². The van der Waals surface area contributed by atoms with Gasteiger partial charge in [-0.15, -0.1) is 0 Å². The third-order valence-corrected chi connectivity index (χ3v) is 7.20. The van der Waals surface area contributed by atoms with Gasteiger partial charge >= 0.3 is 0 Å². The second-order valence-electron chi connectivity index (χ2n) is 7.98. The van der Waals surface area contributed by atoms with Gasteiger partial charge in [0.2, 0.25) is 0 Å². The van der Waals surface area contributed by atoms with Crippen LogP contribution in [0.25, 0.3) is 0 Å². The van der Waals surface area contributed by atoms with Crippen LogP contribution >= 0.6 is 0 Å². The normalized spacial score (nSPS) is 13.1. The molecule has 0 saturated carbocycles. The Hall–Kier alpha value is -4.12. The third kappa shape index (κ3) is 6.18. The fourth-order valence-corrected chi connectivity index (χ4v) is 5.01. The van der Waals surface area contributed by atoms with Crippen LogP contribution < -0.4 is 23.9 Å². The molecule has 0 aliphatic carbocycles. The Kier molecular flexibility index (Phi) is 7.92. The molecule has 194 valence electrons. The van der Waals surface area contributed by atoms with E-state index in [1.807, 2.05) is 6.92 Å². The van der Waals surface area contributed by atoms with Crippen LogP contribution in [0.5, 0.6) is 17.2 Å². The van der Waals surface area contributed by atoms with Crippen LogP contribution in [0.4, 0.5) is 10.1 Å². The van der Waals surface area contributed by atoms with Crippen molar-refractivity contribution >= 4 is 27.3 Å². The largest absolute Gasteiger partial charge is 0.494 e. The summed E-state index contributed by atoms with van der Waals surface area (Å²) in [5, 5.41) is 4.10. The number of benzene rings is 3. The first kappa shape index (κ1) is 26.0. The van der Waals surface area contributed by atoms with E-state index < -0.39 is 28.3 Å². The van der Waals surface area contributed by atoms with Crippen LogP contribution in [0.3, 0.4) is 0 Å². The van der Waals surface area contributed by atoms with Gasteiger partial charge in [0.15, 0.2) is 11.5 Å². The van der Waals surface area contributed by atoms with Crippen molar-refractivity contribution in [3.8, 4) is 17.2 Å². The molecular formula is C26H26FN3O6S. The monoisotopic (exact) mass is 527 g/mol. The molecule has 3 aromatic carbocycles. The lowest BCUT2D eigenvalue weighted by molar-refractivity contribution is -0.119. The molecule has 1 amide bonds. The topological polar surface area (TPSA) is 107 Å². The molecule has 0 aromatic heterocycles. The number of halogens is 1. The number of hydrazone groups is 1. The fourth-order valence-electron chi connectivity index (χ4n) is 3.57. The number of hydrogen-bond acceptors (Lipinski definition) is 7. The van der Waals surface area contributed by atoms with Crippen LogP contribution in [0, 0.1) is 5.82 Å². The summed E-state index contributed by atoms with van der Waals surface area (Å²) in [5.41, 5.74) is 3.77. The van der Waals surface area contributed by atoms with Crippen LogP contribution in [0.1, 0.15) is 19.4 Å². The molecule has 37 heavy (non-hydrogen) atoms. The number of nitrogens with one attached hydrogen (secondary N) is 1. The second-order valence-corrected chi connectivity index (χ2v) is 9.85. The van der Waals surface area contributed by atoms with Crippen molar-refractivity contribution in [1.29, 1.82) is 0 Å². The smallest absolute Gasteiger partial charge is 0.264 e. The van der Waals surface area contributed by atoms with Gasteiger partial charge in [0.05, 0.1) is 22.9 Å². The van der Waals surface area contributed by atoms with E-state index in [1.165, 1.54) is 30.3 Å². The number of sulfonamides is 1. The number of ether oxygens (including phenoxy) is 3. The quantitative estimate of drug-likeness (QED) is 0.336. The Morgan fingerprint density at radius 1 is 1.03 bits per heavy atom. The first-order chi connectivity index (χ1) is 17.8. The molecule has 0 atom stereocenters. The summed E-state index contributed by atoms with van der Waals surface area (Å²) in [4.78, 5) is 12.7. The third-order valence-electron chi connectivity index (χ3n) is 5.43. The summed E-state index contributed by atoms with van der Waals surface area (Å²) in [6, 6.07) is 16.2. The summed E-state index contributed by atoms with van der Waals surface area (Å²) in [6.45, 7) is 4.19. The Bertz CT molecular complexity index is 1390. The van der Waals surface area contributed by atoms with E-state index in [4.69, 9.17) is 14.2 Å². The summed E-state index contributed by atoms with van der Waals surface area (Å²) in [7, 11) is -4.24. The predicted molar refractivity (Wildman–Crippen MR) is 136 cm³/mol. The van der Waals surface area contributed by atoms with E-state index in [2.05, 4.69) is 10.5 Å². The molecule has 9 nitrogen and oxygen atoms in total. The number of carbonyl (C=O) groups excluding carboxylic acids is 1. The lowest BCUT2D eigenvalue weighted by Gasteiger charge is -2.25. The van der Waals surface area contributed by atoms with E-state index in [9.17, 15) is 17.6 Å². The number of fused-ring (bicyclic) bond motifs is 1. The zero-order valence-electron chi connectivity index (χ0n) is 20.3. The standard InChI is InChI=1S/C26H26FN3O6S/c1-3-34-22-10-4-19(5-11-22)18(2)28-29-26(31)17-30(21-8-6-20(27)7-9-21)37(32,33)23-12-13-24-25(16-23)36-15-14-35-24/h4-13,16H,3,14-15,17H2,1-2H3,(H,29,31)/b28-18-. The summed E-state index contributed by atoms with van der Waals surface area (Å²) < 4.78 is 58.0. The second kappa shape index (κ2) is 11.3. The minimum atomic E-state index is -4.24. The number of hydrogen-bond donors (Lipinski definition) is 1. The number of carbonyl (C=O) groups is 1. The molecule has 0 fully saturated rings. The predicted octanol–water partition coefficient (Wildman–Crippen LogP) is 3.73. The van der Waals surface area contributed by atoms with Crippen molar-refractivity contribution in [2.45, 2.75) is 18.7 Å². The molecule has 0 spiro atoms. The van der Waals surface area contributed by atoms with Crippen molar-refractivity contribution in [2.75, 3.05) is 30.7 Å². The minimum Gasteiger partial charge on any atom is -0.494 e. The highest BCUT2D eigenvalue weighted by Crippen LogP contribution is 2.34. The maximum Gasteiger partial charge on any atom is 0.264 e. The molecule has 0 bridgehead atoms. The molecule has 1 aliphatic heterocycles. The van der Waals surface area contributed by atoms with Crippen molar-refractivity contribution in [3.05, 3.63) is 78.1 Å². The Balaban J connectivity index is 1.56. The molecule has 4 rings (SSSR count). The molecule has 1 N–H and O–H groups in total. The van der Waals surface area contributed by atoms with Crippen molar-refractivity contribution < 1.29 is 31.8 Å². The molecule has 1 aliphatic rings. The van der Waals surface area contributed by atoms with Crippen molar-refractivity contribution in [2.24, 2.45) is 5.10 Å². The lowest BCUT2D eigenvalue weighted by atomic mass is 10.1. The van der Waals surface area contributed by atoms with Gasteiger partial charge in [-0.1, -0.05) is 0 Å².